The Morgan fingerprint density at radius 3 is 2.91 bits per heavy atom. The number of pyridine rings is 1. The summed E-state index contributed by atoms with van der Waals surface area (Å²) in [5.41, 5.74) is 1.34. The smallest absolute Gasteiger partial charge is 0.256 e. The summed E-state index contributed by atoms with van der Waals surface area (Å²) in [6, 6.07) is 8.71. The van der Waals surface area contributed by atoms with Gasteiger partial charge in [-0.3, -0.25) is 4.79 Å². The van der Waals surface area contributed by atoms with E-state index in [2.05, 4.69) is 15.4 Å². The Labute approximate surface area is 197 Å². The van der Waals surface area contributed by atoms with Gasteiger partial charge in [-0.15, -0.1) is 5.10 Å². The monoisotopic (exact) mass is 473 g/mol. The number of nitrogens with zero attached hydrogens (tertiary/aromatic N) is 4. The molecule has 1 aromatic carbocycles. The van der Waals surface area contributed by atoms with Crippen LogP contribution in [0.1, 0.15) is 36.7 Å². The number of methoxy groups -OCH3 is 1. The van der Waals surface area contributed by atoms with Gasteiger partial charge in [0, 0.05) is 24.3 Å². The predicted octanol–water partition coefficient (Wildman–Crippen LogP) is 3.00. The summed E-state index contributed by atoms with van der Waals surface area (Å²) in [5, 5.41) is 18.5. The molecule has 1 amide bonds. The SMILES string of the molecule is COc1cc(C(=O)N2CC(C)(C)OCC2C(C)O)cn2nc(NCc3cccc(Cl)c3)nc12. The van der Waals surface area contributed by atoms with E-state index < -0.39 is 17.7 Å². The van der Waals surface area contributed by atoms with Crippen molar-refractivity contribution in [2.45, 2.75) is 45.1 Å². The minimum atomic E-state index is -0.732. The molecule has 0 radical (unpaired) electrons. The van der Waals surface area contributed by atoms with Crippen molar-refractivity contribution >= 4 is 29.1 Å². The quantitative estimate of drug-likeness (QED) is 0.567. The Balaban J connectivity index is 1.62. The van der Waals surface area contributed by atoms with E-state index in [-0.39, 0.29) is 12.5 Å². The van der Waals surface area contributed by atoms with Gasteiger partial charge in [0.25, 0.3) is 5.91 Å². The molecule has 176 valence electrons. The molecule has 2 N–H and O–H groups in total. The molecule has 1 aliphatic rings. The van der Waals surface area contributed by atoms with Crippen molar-refractivity contribution in [3.05, 3.63) is 52.7 Å². The molecule has 0 bridgehead atoms. The number of carbonyl (C=O) groups is 1. The molecule has 1 fully saturated rings. The largest absolute Gasteiger partial charge is 0.493 e. The number of hydrogen-bond acceptors (Lipinski definition) is 7. The number of nitrogens with one attached hydrogen (secondary N) is 1. The second kappa shape index (κ2) is 9.17. The Morgan fingerprint density at radius 1 is 1.42 bits per heavy atom. The van der Waals surface area contributed by atoms with Gasteiger partial charge in [0.2, 0.25) is 5.95 Å². The molecule has 1 aliphatic heterocycles. The van der Waals surface area contributed by atoms with Crippen LogP contribution in [-0.4, -0.2) is 68.5 Å². The number of aromatic nitrogens is 3. The van der Waals surface area contributed by atoms with Crippen LogP contribution in [-0.2, 0) is 11.3 Å². The lowest BCUT2D eigenvalue weighted by atomic mass is 10.0. The van der Waals surface area contributed by atoms with E-state index in [0.717, 1.165) is 5.56 Å². The van der Waals surface area contributed by atoms with Crippen molar-refractivity contribution in [2.24, 2.45) is 0 Å². The van der Waals surface area contributed by atoms with Crippen molar-refractivity contribution in [1.82, 2.24) is 19.5 Å². The number of aliphatic hydroxyl groups is 1. The van der Waals surface area contributed by atoms with E-state index in [0.29, 0.717) is 41.0 Å². The summed E-state index contributed by atoms with van der Waals surface area (Å²) in [6.45, 7) is 6.60. The maximum absolute atomic E-state index is 13.5. The molecule has 2 atom stereocenters. The summed E-state index contributed by atoms with van der Waals surface area (Å²) in [4.78, 5) is 19.6. The van der Waals surface area contributed by atoms with E-state index in [9.17, 15) is 9.90 Å². The summed E-state index contributed by atoms with van der Waals surface area (Å²) >= 11 is 6.05. The van der Waals surface area contributed by atoms with Gasteiger partial charge in [-0.05, 0) is 44.5 Å². The Kier molecular flexibility index (Phi) is 6.47. The first-order valence-electron chi connectivity index (χ1n) is 10.7. The number of benzene rings is 1. The van der Waals surface area contributed by atoms with Gasteiger partial charge in [0.05, 0.1) is 37.0 Å². The minimum Gasteiger partial charge on any atom is -0.493 e. The van der Waals surface area contributed by atoms with Crippen molar-refractivity contribution in [3.63, 3.8) is 0 Å². The maximum atomic E-state index is 13.5. The molecule has 4 rings (SSSR count). The average Bonchev–Trinajstić information content (AvgIpc) is 3.18. The van der Waals surface area contributed by atoms with E-state index >= 15 is 0 Å². The highest BCUT2D eigenvalue weighted by Crippen LogP contribution is 2.27. The Morgan fingerprint density at radius 2 is 2.21 bits per heavy atom. The van der Waals surface area contributed by atoms with Crippen LogP contribution >= 0.6 is 11.6 Å². The fourth-order valence-electron chi connectivity index (χ4n) is 3.89. The van der Waals surface area contributed by atoms with Gasteiger partial charge in [-0.25, -0.2) is 4.52 Å². The first-order valence-corrected chi connectivity index (χ1v) is 11.1. The molecule has 10 heteroatoms. The molecule has 9 nitrogen and oxygen atoms in total. The molecular formula is C23H28ClN5O4. The summed E-state index contributed by atoms with van der Waals surface area (Å²) in [6.07, 6.45) is 0.892. The third-order valence-electron chi connectivity index (χ3n) is 5.62. The van der Waals surface area contributed by atoms with Crippen LogP contribution in [0.25, 0.3) is 5.65 Å². The lowest BCUT2D eigenvalue weighted by Crippen LogP contribution is -2.59. The van der Waals surface area contributed by atoms with Gasteiger partial charge in [-0.2, -0.15) is 4.98 Å². The first kappa shape index (κ1) is 23.3. The number of morpholine rings is 1. The fraction of sp³-hybridized carbons (Fsp3) is 0.435. The maximum Gasteiger partial charge on any atom is 0.256 e. The number of aliphatic hydroxyl groups excluding tert-OH is 1. The molecule has 0 saturated carbocycles. The van der Waals surface area contributed by atoms with Gasteiger partial charge in [-0.1, -0.05) is 23.7 Å². The van der Waals surface area contributed by atoms with Crippen LogP contribution in [0.15, 0.2) is 36.5 Å². The lowest BCUT2D eigenvalue weighted by Gasteiger charge is -2.44. The number of fused-ring (bicyclic) bond motifs is 1. The molecule has 33 heavy (non-hydrogen) atoms. The average molecular weight is 474 g/mol. The number of amides is 1. The Hall–Kier alpha value is -2.88. The summed E-state index contributed by atoms with van der Waals surface area (Å²) in [7, 11) is 1.52. The van der Waals surface area contributed by atoms with Crippen LogP contribution in [0.2, 0.25) is 5.02 Å². The molecule has 1 saturated heterocycles. The normalized spacial score (nSPS) is 18.8. The summed E-state index contributed by atoms with van der Waals surface area (Å²) < 4.78 is 12.8. The van der Waals surface area contributed by atoms with E-state index in [4.69, 9.17) is 21.1 Å². The van der Waals surface area contributed by atoms with Gasteiger partial charge < -0.3 is 24.8 Å². The van der Waals surface area contributed by atoms with Crippen molar-refractivity contribution < 1.29 is 19.4 Å². The molecule has 3 heterocycles. The molecule has 2 aromatic heterocycles. The zero-order valence-corrected chi connectivity index (χ0v) is 19.8. The fourth-order valence-corrected chi connectivity index (χ4v) is 4.10. The molecule has 0 aliphatic carbocycles. The van der Waals surface area contributed by atoms with Gasteiger partial charge in [0.1, 0.15) is 0 Å². The molecular weight excluding hydrogens is 446 g/mol. The molecule has 0 spiro atoms. The van der Waals surface area contributed by atoms with E-state index in [1.165, 1.54) is 11.6 Å². The number of rotatable bonds is 6. The van der Waals surface area contributed by atoms with Crippen LogP contribution in [0.5, 0.6) is 5.75 Å². The standard InChI is InChI=1S/C23H28ClN5O4/c1-14(30)18-12-33-23(2,3)13-28(18)21(31)16-9-19(32-4)20-26-22(27-29(20)11-16)25-10-15-6-5-7-17(24)8-15/h5-9,11,14,18,30H,10,12-13H2,1-4H3,(H,25,27). The van der Waals surface area contributed by atoms with Crippen molar-refractivity contribution in [2.75, 3.05) is 25.6 Å². The number of halogens is 1. The Bertz CT molecular complexity index is 1160. The van der Waals surface area contributed by atoms with Crippen LogP contribution in [0.3, 0.4) is 0 Å². The molecule has 2 unspecified atom stereocenters. The third-order valence-corrected chi connectivity index (χ3v) is 5.86. The van der Waals surface area contributed by atoms with Gasteiger partial charge >= 0.3 is 0 Å². The summed E-state index contributed by atoms with van der Waals surface area (Å²) in [5.74, 6) is 0.582. The zero-order chi connectivity index (χ0) is 23.8. The lowest BCUT2D eigenvalue weighted by molar-refractivity contribution is -0.123. The van der Waals surface area contributed by atoms with Crippen LogP contribution < -0.4 is 10.1 Å². The van der Waals surface area contributed by atoms with Crippen molar-refractivity contribution in [3.8, 4) is 5.75 Å². The predicted molar refractivity (Wildman–Crippen MR) is 125 cm³/mol. The topological polar surface area (TPSA) is 101 Å². The van der Waals surface area contributed by atoms with Crippen molar-refractivity contribution in [1.29, 1.82) is 0 Å². The molecule has 3 aromatic rings. The number of ether oxygens (including phenoxy) is 2. The second-order valence-corrected chi connectivity index (χ2v) is 9.23. The number of anilines is 1. The highest BCUT2D eigenvalue weighted by Gasteiger charge is 2.39. The second-order valence-electron chi connectivity index (χ2n) is 8.80. The van der Waals surface area contributed by atoms with E-state index in [1.54, 1.807) is 24.1 Å². The zero-order valence-electron chi connectivity index (χ0n) is 19.1. The van der Waals surface area contributed by atoms with E-state index in [1.807, 2.05) is 38.1 Å². The van der Waals surface area contributed by atoms with Crippen LogP contribution in [0, 0.1) is 0 Å². The third kappa shape index (κ3) is 5.05. The van der Waals surface area contributed by atoms with Gasteiger partial charge in [0.15, 0.2) is 11.4 Å². The first-order chi connectivity index (χ1) is 15.7. The number of hydrogen-bond donors (Lipinski definition) is 2. The minimum absolute atomic E-state index is 0.235. The van der Waals surface area contributed by atoms with Crippen LogP contribution in [0.4, 0.5) is 5.95 Å². The number of carbonyl (C=O) groups excluding carboxylic acids is 1. The highest BCUT2D eigenvalue weighted by molar-refractivity contribution is 6.30. The highest BCUT2D eigenvalue weighted by atomic mass is 35.5.